The van der Waals surface area contributed by atoms with Gasteiger partial charge in [0.05, 0.1) is 29.0 Å². The molecule has 10 nitrogen and oxygen atoms in total. The van der Waals surface area contributed by atoms with Crippen LogP contribution in [0.5, 0.6) is 23.0 Å². The van der Waals surface area contributed by atoms with E-state index in [1.165, 1.54) is 164 Å². The Morgan fingerprint density at radius 3 is 1.21 bits per heavy atom. The summed E-state index contributed by atoms with van der Waals surface area (Å²) in [6, 6.07) is 28.7. The van der Waals surface area contributed by atoms with Crippen LogP contribution in [0.15, 0.2) is 113 Å². The number of thiazole rings is 2. The first-order valence-electron chi connectivity index (χ1n) is 29.7. The predicted octanol–water partition coefficient (Wildman–Crippen LogP) is 11.6. The number of rotatable bonds is 40. The van der Waals surface area contributed by atoms with Gasteiger partial charge < -0.3 is 63.5 Å². The number of aryl methyl sites for hydroxylation is 2. The van der Waals surface area contributed by atoms with E-state index in [1.54, 1.807) is 34.8 Å². The van der Waals surface area contributed by atoms with Crippen LogP contribution in [0.1, 0.15) is 190 Å². The molecule has 0 fully saturated rings. The lowest BCUT2D eigenvalue weighted by atomic mass is 10.1. The van der Waals surface area contributed by atoms with Crippen molar-refractivity contribution in [3.63, 3.8) is 0 Å². The maximum atomic E-state index is 12.5. The maximum absolute atomic E-state index is 12.5. The second-order valence-electron chi connectivity index (χ2n) is 20.8. The topological polar surface area (TPSA) is 103 Å². The van der Waals surface area contributed by atoms with Gasteiger partial charge in [-0.1, -0.05) is 226 Å². The summed E-state index contributed by atoms with van der Waals surface area (Å²) in [5.74, 6) is 2.07. The molecule has 0 saturated carbocycles. The van der Waals surface area contributed by atoms with Gasteiger partial charge in [-0.05, 0) is 61.4 Å². The van der Waals surface area contributed by atoms with Crippen LogP contribution < -0.4 is 72.7 Å². The van der Waals surface area contributed by atoms with Gasteiger partial charge in [0.15, 0.2) is 49.2 Å². The molecule has 4 aromatic carbocycles. The van der Waals surface area contributed by atoms with Crippen molar-refractivity contribution < 1.29 is 71.6 Å². The van der Waals surface area contributed by atoms with E-state index < -0.39 is 0 Å². The van der Waals surface area contributed by atoms with E-state index in [1.807, 2.05) is 78.9 Å². The molecule has 0 bridgehead atoms. The van der Waals surface area contributed by atoms with Crippen LogP contribution in [0.25, 0.3) is 0 Å². The third-order valence-corrected chi connectivity index (χ3v) is 15.9. The highest BCUT2D eigenvalue weighted by Gasteiger charge is 2.13. The van der Waals surface area contributed by atoms with Gasteiger partial charge in [-0.3, -0.25) is 9.59 Å². The Morgan fingerprint density at radius 1 is 0.457 bits per heavy atom. The molecule has 0 spiro atoms. The molecule has 6 aromatic rings. The minimum atomic E-state index is -0.223. The molecule has 0 atom stereocenters. The number of hydrogen-bond donors (Lipinski definition) is 2. The zero-order chi connectivity index (χ0) is 56.0. The van der Waals surface area contributed by atoms with Crippen molar-refractivity contribution in [1.82, 2.24) is 0 Å². The monoisotopic (exact) mass is 1290 g/mol. The van der Waals surface area contributed by atoms with Crippen LogP contribution in [0.2, 0.25) is 5.02 Å². The summed E-state index contributed by atoms with van der Waals surface area (Å²) in [4.78, 5) is 24.9. The highest BCUT2D eigenvalue weighted by atomic mass is 79.9. The summed E-state index contributed by atoms with van der Waals surface area (Å²) in [6.07, 6.45) is 31.7. The standard InChI is InChI=1S/C33H45ClN2O3S.C33H46N2O3S.2BrH/c1-3-4-5-6-7-8-9-10-11-12-13-14-21-38-32-20-19-30(22-31(32)34)39-24-33(37)35-29-17-15-28(16-18-29)23-36-26-40-25-27(36)2;1-3-4-5-6-7-8-9-10-11-12-13-16-23-37-31-17-14-15-18-32(31)38-25-33(36)34-30-21-19-29(20-22-30)24-35-27-39-26-28(35)2;;/h15-20,22,25-26H,3-14,21,23-24H2,1-2H3;14-15,17-22,26-27H,3-13,16,23-25H2,1-2H3;2*1H. The van der Waals surface area contributed by atoms with Crippen molar-refractivity contribution in [3.05, 3.63) is 140 Å². The number of carbonyl (C=O) groups is 2. The molecule has 2 heterocycles. The average molecular weight is 1300 g/mol. The summed E-state index contributed by atoms with van der Waals surface area (Å²) in [6.45, 7) is 11.5. The largest absolute Gasteiger partial charge is 1.00 e. The third kappa shape index (κ3) is 30.6. The van der Waals surface area contributed by atoms with Crippen molar-refractivity contribution in [2.24, 2.45) is 0 Å². The van der Waals surface area contributed by atoms with E-state index in [2.05, 4.69) is 69.2 Å². The fraction of sp³-hybridized carbons (Fsp3) is 0.515. The Kier molecular flexibility index (Phi) is 38.5. The lowest BCUT2D eigenvalue weighted by Crippen LogP contribution is -3.00. The molecule has 15 heteroatoms. The summed E-state index contributed by atoms with van der Waals surface area (Å²) < 4.78 is 27.7. The zero-order valence-corrected chi connectivity index (χ0v) is 54.5. The number of hydrogen-bond acceptors (Lipinski definition) is 8. The molecule has 0 aliphatic carbocycles. The first kappa shape index (κ1) is 70.8. The number of halogens is 3. The van der Waals surface area contributed by atoms with Crippen molar-refractivity contribution in [2.75, 3.05) is 37.1 Å². The number of para-hydroxylation sites is 2. The Morgan fingerprint density at radius 2 is 0.827 bits per heavy atom. The van der Waals surface area contributed by atoms with Crippen LogP contribution in [-0.2, 0) is 22.7 Å². The summed E-state index contributed by atoms with van der Waals surface area (Å²) in [5.41, 5.74) is 10.6. The van der Waals surface area contributed by atoms with E-state index in [-0.39, 0.29) is 59.0 Å². The third-order valence-electron chi connectivity index (χ3n) is 13.9. The molecule has 2 N–H and O–H groups in total. The number of carbonyl (C=O) groups excluding carboxylic acids is 2. The summed E-state index contributed by atoms with van der Waals surface area (Å²) in [7, 11) is 0. The van der Waals surface area contributed by atoms with Gasteiger partial charge >= 0.3 is 0 Å². The van der Waals surface area contributed by atoms with Gasteiger partial charge in [0, 0.05) is 42.4 Å². The lowest BCUT2D eigenvalue weighted by molar-refractivity contribution is -0.689. The van der Waals surface area contributed by atoms with E-state index >= 15 is 0 Å². The Labute approximate surface area is 520 Å². The quantitative estimate of drug-likeness (QED) is 0.0293. The molecule has 2 aromatic heterocycles. The van der Waals surface area contributed by atoms with Crippen molar-refractivity contribution in [1.29, 1.82) is 0 Å². The molecule has 0 aliphatic rings. The van der Waals surface area contributed by atoms with E-state index in [0.29, 0.717) is 41.2 Å². The molecule has 6 rings (SSSR count). The van der Waals surface area contributed by atoms with Crippen molar-refractivity contribution in [2.45, 2.75) is 195 Å². The van der Waals surface area contributed by atoms with Crippen molar-refractivity contribution in [3.8, 4) is 23.0 Å². The van der Waals surface area contributed by atoms with Gasteiger partial charge in [-0.15, -0.1) is 0 Å². The smallest absolute Gasteiger partial charge is 0.262 e. The minimum Gasteiger partial charge on any atom is -1.00 e. The zero-order valence-electron chi connectivity index (χ0n) is 49.0. The second kappa shape index (κ2) is 44.1. The van der Waals surface area contributed by atoms with E-state index in [0.717, 1.165) is 37.3 Å². The molecular formula is C66H93Br2ClN4O6S2. The van der Waals surface area contributed by atoms with Crippen LogP contribution >= 0.6 is 34.3 Å². The highest BCUT2D eigenvalue weighted by molar-refractivity contribution is 7.07. The number of nitrogens with one attached hydrogen (secondary N) is 2. The fourth-order valence-corrected chi connectivity index (χ4v) is 10.9. The maximum Gasteiger partial charge on any atom is 0.262 e. The van der Waals surface area contributed by atoms with Crippen molar-refractivity contribution >= 4 is 57.5 Å². The fourth-order valence-electron chi connectivity index (χ4n) is 9.12. The molecule has 0 saturated heterocycles. The number of unbranched alkanes of at least 4 members (excludes halogenated alkanes) is 22. The number of aromatic nitrogens is 2. The van der Waals surface area contributed by atoms with Gasteiger partial charge in [-0.2, -0.15) is 9.13 Å². The second-order valence-corrected chi connectivity index (χ2v) is 22.7. The van der Waals surface area contributed by atoms with Gasteiger partial charge in [0.25, 0.3) is 11.8 Å². The van der Waals surface area contributed by atoms with Crippen LogP contribution in [0.3, 0.4) is 0 Å². The average Bonchev–Trinajstić information content (AvgIpc) is 4.07. The number of nitrogens with zero attached hydrogens (tertiary/aromatic N) is 2. The van der Waals surface area contributed by atoms with E-state index in [4.69, 9.17) is 30.5 Å². The van der Waals surface area contributed by atoms with Crippen LogP contribution in [0, 0.1) is 13.8 Å². The van der Waals surface area contributed by atoms with Gasteiger partial charge in [0.2, 0.25) is 11.0 Å². The molecule has 0 aliphatic heterocycles. The normalized spacial score (nSPS) is 10.7. The predicted molar refractivity (Wildman–Crippen MR) is 329 cm³/mol. The molecule has 0 unspecified atom stereocenters. The number of benzene rings is 4. The number of amides is 2. The van der Waals surface area contributed by atoms with Crippen LogP contribution in [-0.4, -0.2) is 38.2 Å². The molecule has 0 radical (unpaired) electrons. The Balaban J connectivity index is 0.000000415. The Bertz CT molecular complexity index is 2580. The minimum absolute atomic E-state index is 0. The summed E-state index contributed by atoms with van der Waals surface area (Å²) in [5, 5.41) is 10.5. The number of anilines is 2. The first-order chi connectivity index (χ1) is 38.7. The lowest BCUT2D eigenvalue weighted by Gasteiger charge is -2.13. The van der Waals surface area contributed by atoms with Gasteiger partial charge in [0.1, 0.15) is 11.5 Å². The molecule has 81 heavy (non-hydrogen) atoms. The molecule has 446 valence electrons. The number of ether oxygens (including phenoxy) is 4. The highest BCUT2D eigenvalue weighted by Crippen LogP contribution is 2.30. The molecule has 2 amide bonds. The molecular weight excluding hydrogens is 1200 g/mol. The van der Waals surface area contributed by atoms with Gasteiger partial charge in [-0.25, -0.2) is 0 Å². The summed E-state index contributed by atoms with van der Waals surface area (Å²) >= 11 is 9.78. The van der Waals surface area contributed by atoms with E-state index in [9.17, 15) is 9.59 Å². The SMILES string of the molecule is CCCCCCCCCCCCCCOc1ccc(OCC(=O)Nc2ccc(C[n+]3cscc3C)cc2)cc1Cl.CCCCCCCCCCCCCCOc1ccccc1OCC(=O)Nc1ccc(C[n+]2cscc2C)cc1.[Br-].[Br-]. The Hall–Kier alpha value is -4.47. The van der Waals surface area contributed by atoms with Crippen LogP contribution in [0.4, 0.5) is 11.4 Å². The first-order valence-corrected chi connectivity index (χ1v) is 32.0.